The van der Waals surface area contributed by atoms with Crippen molar-refractivity contribution in [2.24, 2.45) is 0 Å². The summed E-state index contributed by atoms with van der Waals surface area (Å²) in [5, 5.41) is 20.6. The Bertz CT molecular complexity index is 669. The van der Waals surface area contributed by atoms with Crippen LogP contribution >= 0.6 is 0 Å². The van der Waals surface area contributed by atoms with Crippen LogP contribution in [-0.2, 0) is 0 Å². The van der Waals surface area contributed by atoms with Crippen molar-refractivity contribution in [2.45, 2.75) is 6.10 Å². The standard InChI is InChI=1S/C16H15NO5/c1-21-14-9-5-6-10-15(14)22-16(13(18)11-17(19)20)12-7-3-2-4-8-12/h2-11,16,18H,1H3/b13-11-. The van der Waals surface area contributed by atoms with Gasteiger partial charge in [0.15, 0.2) is 17.6 Å². The Kier molecular flexibility index (Phi) is 4.98. The molecule has 114 valence electrons. The monoisotopic (exact) mass is 301 g/mol. The molecule has 0 aliphatic carbocycles. The van der Waals surface area contributed by atoms with Gasteiger partial charge >= 0.3 is 0 Å². The fourth-order valence-corrected chi connectivity index (χ4v) is 1.95. The molecule has 0 aliphatic rings. The highest BCUT2D eigenvalue weighted by molar-refractivity contribution is 5.40. The number of benzene rings is 2. The third-order valence-corrected chi connectivity index (χ3v) is 2.92. The van der Waals surface area contributed by atoms with Crippen LogP contribution in [0.15, 0.2) is 66.6 Å². The molecular formula is C16H15NO5. The van der Waals surface area contributed by atoms with Crippen molar-refractivity contribution in [3.8, 4) is 11.5 Å². The van der Waals surface area contributed by atoms with E-state index in [0.717, 1.165) is 0 Å². The highest BCUT2D eigenvalue weighted by Gasteiger charge is 2.22. The summed E-state index contributed by atoms with van der Waals surface area (Å²) in [6.45, 7) is 0. The van der Waals surface area contributed by atoms with E-state index in [1.807, 2.05) is 0 Å². The normalized spacial score (nSPS) is 12.5. The number of methoxy groups -OCH3 is 1. The fraction of sp³-hybridized carbons (Fsp3) is 0.125. The molecule has 0 heterocycles. The first kappa shape index (κ1) is 15.4. The summed E-state index contributed by atoms with van der Waals surface area (Å²) in [6, 6.07) is 15.6. The van der Waals surface area contributed by atoms with Gasteiger partial charge in [-0.1, -0.05) is 42.5 Å². The highest BCUT2D eigenvalue weighted by atomic mass is 16.6. The van der Waals surface area contributed by atoms with Crippen LogP contribution in [0, 0.1) is 10.1 Å². The van der Waals surface area contributed by atoms with Crippen LogP contribution < -0.4 is 9.47 Å². The molecule has 0 amide bonds. The van der Waals surface area contributed by atoms with E-state index in [2.05, 4.69) is 0 Å². The van der Waals surface area contributed by atoms with Gasteiger partial charge in [-0.3, -0.25) is 10.1 Å². The van der Waals surface area contributed by atoms with Gasteiger partial charge in [0.05, 0.1) is 12.0 Å². The van der Waals surface area contributed by atoms with E-state index in [0.29, 0.717) is 23.3 Å². The number of para-hydroxylation sites is 2. The maximum atomic E-state index is 10.6. The minimum Gasteiger partial charge on any atom is -0.503 e. The zero-order chi connectivity index (χ0) is 15.9. The molecular weight excluding hydrogens is 286 g/mol. The van der Waals surface area contributed by atoms with E-state index in [-0.39, 0.29) is 0 Å². The Morgan fingerprint density at radius 2 is 1.73 bits per heavy atom. The number of aliphatic hydroxyl groups is 1. The Labute approximate surface area is 127 Å². The summed E-state index contributed by atoms with van der Waals surface area (Å²) in [5.41, 5.74) is 0.587. The zero-order valence-electron chi connectivity index (χ0n) is 11.9. The first-order valence-electron chi connectivity index (χ1n) is 6.50. The predicted molar refractivity (Wildman–Crippen MR) is 80.5 cm³/mol. The van der Waals surface area contributed by atoms with Crippen LogP contribution in [0.4, 0.5) is 0 Å². The first-order valence-corrected chi connectivity index (χ1v) is 6.50. The van der Waals surface area contributed by atoms with E-state index in [4.69, 9.17) is 9.47 Å². The van der Waals surface area contributed by atoms with Crippen LogP contribution in [0.1, 0.15) is 11.7 Å². The van der Waals surface area contributed by atoms with Gasteiger partial charge in [-0.25, -0.2) is 0 Å². The molecule has 22 heavy (non-hydrogen) atoms. The van der Waals surface area contributed by atoms with Crippen molar-refractivity contribution in [1.82, 2.24) is 0 Å². The molecule has 1 unspecified atom stereocenters. The quantitative estimate of drug-likeness (QED) is 0.501. The van der Waals surface area contributed by atoms with Crippen molar-refractivity contribution in [1.29, 1.82) is 0 Å². The lowest BCUT2D eigenvalue weighted by atomic mass is 10.1. The molecule has 2 aromatic carbocycles. The van der Waals surface area contributed by atoms with Gasteiger partial charge in [-0.15, -0.1) is 0 Å². The van der Waals surface area contributed by atoms with E-state index in [1.54, 1.807) is 54.6 Å². The van der Waals surface area contributed by atoms with Gasteiger partial charge in [-0.05, 0) is 12.1 Å². The highest BCUT2D eigenvalue weighted by Crippen LogP contribution is 2.33. The van der Waals surface area contributed by atoms with Gasteiger partial charge in [0.25, 0.3) is 6.20 Å². The van der Waals surface area contributed by atoms with Crippen molar-refractivity contribution in [3.05, 3.63) is 82.2 Å². The predicted octanol–water partition coefficient (Wildman–Crippen LogP) is 3.49. The van der Waals surface area contributed by atoms with E-state index in [9.17, 15) is 15.2 Å². The summed E-state index contributed by atoms with van der Waals surface area (Å²) in [5.74, 6) is 0.349. The summed E-state index contributed by atoms with van der Waals surface area (Å²) in [6.07, 6.45) is -0.476. The van der Waals surface area contributed by atoms with E-state index >= 15 is 0 Å². The number of hydrogen-bond donors (Lipinski definition) is 1. The Balaban J connectivity index is 2.39. The Morgan fingerprint density at radius 3 is 2.32 bits per heavy atom. The molecule has 1 atom stereocenters. The minimum atomic E-state index is -0.997. The lowest BCUT2D eigenvalue weighted by molar-refractivity contribution is -0.405. The number of aliphatic hydroxyl groups excluding tert-OH is 1. The molecule has 0 saturated carbocycles. The molecule has 0 fully saturated rings. The summed E-state index contributed by atoms with van der Waals surface area (Å²) in [4.78, 5) is 9.88. The minimum absolute atomic E-state index is 0.377. The molecule has 0 aliphatic heterocycles. The average Bonchev–Trinajstić information content (AvgIpc) is 2.53. The molecule has 0 bridgehead atoms. The molecule has 2 aromatic rings. The molecule has 6 heteroatoms. The summed E-state index contributed by atoms with van der Waals surface area (Å²) >= 11 is 0. The number of nitro groups is 1. The van der Waals surface area contributed by atoms with Crippen molar-refractivity contribution in [3.63, 3.8) is 0 Å². The van der Waals surface area contributed by atoms with Crippen LogP contribution in [0.25, 0.3) is 0 Å². The third-order valence-electron chi connectivity index (χ3n) is 2.92. The van der Waals surface area contributed by atoms with Crippen molar-refractivity contribution >= 4 is 0 Å². The largest absolute Gasteiger partial charge is 0.503 e. The maximum absolute atomic E-state index is 10.6. The van der Waals surface area contributed by atoms with E-state index < -0.39 is 16.8 Å². The van der Waals surface area contributed by atoms with Crippen LogP contribution in [0.5, 0.6) is 11.5 Å². The molecule has 0 radical (unpaired) electrons. The number of nitrogens with zero attached hydrogens (tertiary/aromatic N) is 1. The SMILES string of the molecule is COc1ccccc1OC(/C(O)=C/[N+](=O)[O-])c1ccccc1. The summed E-state index contributed by atoms with van der Waals surface area (Å²) < 4.78 is 10.9. The Hall–Kier alpha value is -3.02. The second kappa shape index (κ2) is 7.12. The molecule has 6 nitrogen and oxygen atoms in total. The van der Waals surface area contributed by atoms with Crippen LogP contribution in [0.3, 0.4) is 0 Å². The molecule has 2 rings (SSSR count). The number of rotatable bonds is 6. The van der Waals surface area contributed by atoms with Crippen molar-refractivity contribution in [2.75, 3.05) is 7.11 Å². The van der Waals surface area contributed by atoms with Crippen LogP contribution in [-0.4, -0.2) is 17.1 Å². The second-order valence-electron chi connectivity index (χ2n) is 4.40. The van der Waals surface area contributed by atoms with Gasteiger partial charge < -0.3 is 14.6 Å². The summed E-state index contributed by atoms with van der Waals surface area (Å²) in [7, 11) is 1.49. The van der Waals surface area contributed by atoms with E-state index in [1.165, 1.54) is 7.11 Å². The smallest absolute Gasteiger partial charge is 0.275 e. The molecule has 0 saturated heterocycles. The molecule has 0 spiro atoms. The van der Waals surface area contributed by atoms with Gasteiger partial charge in [-0.2, -0.15) is 0 Å². The van der Waals surface area contributed by atoms with Gasteiger partial charge in [0.1, 0.15) is 0 Å². The van der Waals surface area contributed by atoms with Crippen LogP contribution in [0.2, 0.25) is 0 Å². The zero-order valence-corrected chi connectivity index (χ0v) is 11.9. The average molecular weight is 301 g/mol. The lowest BCUT2D eigenvalue weighted by Crippen LogP contribution is -2.12. The third kappa shape index (κ3) is 3.76. The fourth-order valence-electron chi connectivity index (χ4n) is 1.95. The second-order valence-corrected chi connectivity index (χ2v) is 4.40. The lowest BCUT2D eigenvalue weighted by Gasteiger charge is -2.19. The van der Waals surface area contributed by atoms with Crippen molar-refractivity contribution < 1.29 is 19.5 Å². The number of hydrogen-bond acceptors (Lipinski definition) is 5. The molecule has 0 aromatic heterocycles. The first-order chi connectivity index (χ1) is 10.6. The number of ether oxygens (including phenoxy) is 2. The van der Waals surface area contributed by atoms with Gasteiger partial charge in [0, 0.05) is 5.56 Å². The molecule has 1 N–H and O–H groups in total. The Morgan fingerprint density at radius 1 is 1.14 bits per heavy atom. The van der Waals surface area contributed by atoms with Gasteiger partial charge in [0.2, 0.25) is 5.76 Å². The maximum Gasteiger partial charge on any atom is 0.275 e. The topological polar surface area (TPSA) is 81.8 Å².